The van der Waals surface area contributed by atoms with Gasteiger partial charge in [-0.1, -0.05) is 361 Å². The van der Waals surface area contributed by atoms with Crippen molar-refractivity contribution in [1.29, 1.82) is 0 Å². The lowest BCUT2D eigenvalue weighted by atomic mass is 9.46. The summed E-state index contributed by atoms with van der Waals surface area (Å²) >= 11 is 46.0. The average Bonchev–Trinajstić information content (AvgIpc) is 1.43. The maximum Gasteiger partial charge on any atom is 0.0750 e. The summed E-state index contributed by atoms with van der Waals surface area (Å²) < 4.78 is 0. The third kappa shape index (κ3) is 7.49. The highest BCUT2D eigenvalue weighted by atomic mass is 35.5. The molecule has 12 atom stereocenters. The van der Waals surface area contributed by atoms with Gasteiger partial charge in [-0.3, -0.25) is 0 Å². The molecule has 0 aromatic heterocycles. The van der Waals surface area contributed by atoms with E-state index >= 15 is 0 Å². The van der Waals surface area contributed by atoms with Crippen LogP contribution in [0.2, 0.25) is 30.1 Å². The Balaban J connectivity index is 0.682. The Morgan fingerprint density at radius 2 is 0.389 bits per heavy atom. The van der Waals surface area contributed by atoms with Gasteiger partial charge in [0.2, 0.25) is 0 Å². The standard InChI is InChI=1S/C102H60Cl6/c103-85-67-31-37-79-73(91-43-7-13-49-97(79,91)61-19-55-91)25-1-2-26-74-80(98-50-14-8-44-92(74,98)56-20-62-98)38-32-68(85)88(106)71(87(67)105)35-41-83-77(95-47-11-17-53-101(83,95)65-23-59-95)29-5-6-30-78-84(102-54-18-12-48-96(78,102)60-24-66-102)42-36-72-89(107)69-33-39-81-75(93-45-9-15-51-99(81,93)63-21-57-93)27-3-4-28-76-82(40-34-70(86(69)104)90(72)108)100-52-16-10-46-94(76,100)58-22-64-100/h7-18,43-54H,19-24,55-66H2. The van der Waals surface area contributed by atoms with Gasteiger partial charge in [-0.2, -0.15) is 0 Å². The van der Waals surface area contributed by atoms with E-state index in [2.05, 4.69) is 288 Å². The minimum absolute atomic E-state index is 0.242. The van der Waals surface area contributed by atoms with E-state index in [1.165, 1.54) is 0 Å². The second-order valence-electron chi connectivity index (χ2n) is 32.7. The molecule has 22 rings (SSSR count). The maximum absolute atomic E-state index is 7.70. The van der Waals surface area contributed by atoms with Crippen molar-refractivity contribution in [2.45, 2.75) is 116 Å². The molecule has 4 bridgehead atoms. The quantitative estimate of drug-likeness (QED) is 0.231. The molecule has 6 fully saturated rings. The molecule has 6 saturated carbocycles. The number of fused-ring (bicyclic) bond motifs is 4. The van der Waals surface area contributed by atoms with E-state index in [0.29, 0.717) is 43.4 Å². The predicted octanol–water partition coefficient (Wildman–Crippen LogP) is 22.0. The lowest BCUT2D eigenvalue weighted by Crippen LogP contribution is -2.48. The first-order valence-corrected chi connectivity index (χ1v) is 40.4. The van der Waals surface area contributed by atoms with E-state index in [0.717, 1.165) is 182 Å². The number of allylic oxidation sites excluding steroid dienone is 36. The number of hydrogen-bond acceptors (Lipinski definition) is 0. The summed E-state index contributed by atoms with van der Waals surface area (Å²) in [5, 5.41) is 1.69. The van der Waals surface area contributed by atoms with Crippen molar-refractivity contribution in [2.24, 2.45) is 65.0 Å². The largest absolute Gasteiger partial charge is 0.0815 e. The number of hydrogen-bond donors (Lipinski definition) is 0. The van der Waals surface area contributed by atoms with Crippen molar-refractivity contribution in [3.05, 3.63) is 276 Å². The smallest absolute Gasteiger partial charge is 0.0750 e. The molecule has 510 valence electrons. The van der Waals surface area contributed by atoms with Crippen molar-refractivity contribution in [1.82, 2.24) is 0 Å². The van der Waals surface area contributed by atoms with Gasteiger partial charge in [-0.05, 0) is 113 Å². The van der Waals surface area contributed by atoms with Crippen LogP contribution in [-0.2, 0) is 0 Å². The highest BCUT2D eigenvalue weighted by Gasteiger charge is 2.70. The fraction of sp³-hybridized carbons (Fsp3) is 0.294. The Morgan fingerprint density at radius 3 is 0.611 bits per heavy atom. The van der Waals surface area contributed by atoms with E-state index in [9.17, 15) is 0 Å². The highest BCUT2D eigenvalue weighted by Crippen LogP contribution is 2.77. The van der Waals surface area contributed by atoms with Crippen molar-refractivity contribution in [3.63, 3.8) is 0 Å². The van der Waals surface area contributed by atoms with Crippen molar-refractivity contribution >= 4 is 69.6 Å². The summed E-state index contributed by atoms with van der Waals surface area (Å²) in [6, 6.07) is 0. The average molecular weight is 1500 g/mol. The van der Waals surface area contributed by atoms with Crippen LogP contribution in [0.3, 0.4) is 0 Å². The molecule has 0 heterocycles. The number of rotatable bonds is 0. The Hall–Kier alpha value is -9.78. The summed E-state index contributed by atoms with van der Waals surface area (Å²) in [6.45, 7) is 0. The van der Waals surface area contributed by atoms with E-state index in [1.54, 1.807) is 0 Å². The zero-order valence-electron chi connectivity index (χ0n) is 58.9. The maximum atomic E-state index is 7.70. The summed E-state index contributed by atoms with van der Waals surface area (Å²) in [6.07, 6.45) is 71.3. The van der Waals surface area contributed by atoms with Gasteiger partial charge in [-0.15, -0.1) is 0 Å². The normalized spacial score (nSPS) is 36.5. The molecular formula is C102H60Cl6. The van der Waals surface area contributed by atoms with E-state index in [4.69, 9.17) is 69.6 Å². The predicted molar refractivity (Wildman–Crippen MR) is 435 cm³/mol. The van der Waals surface area contributed by atoms with E-state index in [1.807, 2.05) is 0 Å². The molecular weight excluding hydrogens is 1440 g/mol. The summed E-state index contributed by atoms with van der Waals surface area (Å²) in [5.74, 6) is 85.0. The molecule has 6 heteroatoms. The van der Waals surface area contributed by atoms with Gasteiger partial charge in [0.1, 0.15) is 0 Å². The lowest BCUT2D eigenvalue weighted by Gasteiger charge is -2.54. The molecule has 0 aliphatic heterocycles. The van der Waals surface area contributed by atoms with Crippen molar-refractivity contribution < 1.29 is 0 Å². The van der Waals surface area contributed by atoms with Gasteiger partial charge in [0.05, 0.1) is 63.5 Å². The molecule has 0 N–H and O–H groups in total. The molecule has 0 nitrogen and oxygen atoms in total. The summed E-state index contributed by atoms with van der Waals surface area (Å²) in [4.78, 5) is 0. The van der Waals surface area contributed by atoms with Crippen molar-refractivity contribution in [3.8, 4) is 142 Å². The molecule has 2 aromatic carbocycles. The SMILES string of the molecule is Clc1c(C#CC2=C(C#CC#CC3=C(C#Cc4c(Cl)c5c(Cl)c(c4Cl)C#CC4=C(C#CC#CC6=C(C#C5)C57C=CC=CC65CCC7)C56C=CC=CC45CCC6)C45C=CC=CC34CCC5)C34C=CC=CC23CCC4)c(Cl)c2c(Cl)c1C#CC1=C(C#CC#CC3=C(C#C2)C24C=CC=CC32CCC4)C23C=CC=CC12CCC3. The van der Waals surface area contributed by atoms with Gasteiger partial charge >= 0.3 is 0 Å². The molecule has 2 aromatic rings. The fourth-order valence-corrected chi connectivity index (χ4v) is 26.8. The second-order valence-corrected chi connectivity index (χ2v) is 35.0. The van der Waals surface area contributed by atoms with Gasteiger partial charge in [0.25, 0.3) is 0 Å². The Labute approximate surface area is 663 Å². The molecule has 0 radical (unpaired) electrons. The number of benzene rings is 2. The molecule has 12 unspecified atom stereocenters. The zero-order valence-corrected chi connectivity index (χ0v) is 63.4. The van der Waals surface area contributed by atoms with Crippen LogP contribution in [0.25, 0.3) is 0 Å². The van der Waals surface area contributed by atoms with Crippen LogP contribution in [-0.4, -0.2) is 0 Å². The number of halogens is 6. The fourth-order valence-electron chi connectivity index (χ4n) is 24.8. The first kappa shape index (κ1) is 65.3. The van der Waals surface area contributed by atoms with E-state index < -0.39 is 0 Å². The minimum atomic E-state index is -0.382. The minimum Gasteiger partial charge on any atom is -0.0815 e. The Bertz CT molecular complexity index is 5800. The second kappa shape index (κ2) is 22.5. The molecule has 0 saturated heterocycles. The topological polar surface area (TPSA) is 0 Å². The Morgan fingerprint density at radius 1 is 0.204 bits per heavy atom. The highest BCUT2D eigenvalue weighted by molar-refractivity contribution is 6.43. The van der Waals surface area contributed by atoms with Gasteiger partial charge in [-0.25, -0.2) is 0 Å². The van der Waals surface area contributed by atoms with Gasteiger partial charge < -0.3 is 0 Å². The third-order valence-corrected chi connectivity index (χ3v) is 31.8. The van der Waals surface area contributed by atoms with Crippen LogP contribution in [0.4, 0.5) is 0 Å². The molecule has 108 heavy (non-hydrogen) atoms. The van der Waals surface area contributed by atoms with Gasteiger partial charge in [0.15, 0.2) is 0 Å². The molecule has 0 spiro atoms. The van der Waals surface area contributed by atoms with Crippen LogP contribution < -0.4 is 0 Å². The van der Waals surface area contributed by atoms with Crippen LogP contribution in [0, 0.1) is 207 Å². The first-order chi connectivity index (χ1) is 52.8. The monoisotopic (exact) mass is 1490 g/mol. The summed E-state index contributed by atoms with van der Waals surface area (Å²) in [5.41, 5.74) is 10.7. The zero-order chi connectivity index (χ0) is 72.5. The van der Waals surface area contributed by atoms with Crippen LogP contribution >= 0.6 is 69.6 Å². The van der Waals surface area contributed by atoms with Gasteiger partial charge in [0, 0.05) is 132 Å². The lowest BCUT2D eigenvalue weighted by molar-refractivity contribution is 0.232. The van der Waals surface area contributed by atoms with Crippen LogP contribution in [0.5, 0.6) is 0 Å². The molecule has 20 aliphatic carbocycles. The first-order valence-electron chi connectivity index (χ1n) is 38.1. The third-order valence-electron chi connectivity index (χ3n) is 29.5. The summed E-state index contributed by atoms with van der Waals surface area (Å²) in [7, 11) is 0. The van der Waals surface area contributed by atoms with Crippen LogP contribution in [0.15, 0.2) is 213 Å². The Kier molecular flexibility index (Phi) is 13.6. The van der Waals surface area contributed by atoms with E-state index in [-0.39, 0.29) is 85.1 Å². The molecule has 20 aliphatic rings. The van der Waals surface area contributed by atoms with Crippen molar-refractivity contribution in [2.75, 3.05) is 0 Å². The molecule has 0 amide bonds. The van der Waals surface area contributed by atoms with Crippen LogP contribution in [0.1, 0.15) is 149 Å².